The first kappa shape index (κ1) is 18.4. The van der Waals surface area contributed by atoms with E-state index in [1.807, 2.05) is 13.8 Å². The molecule has 0 bridgehead atoms. The minimum Gasteiger partial charge on any atom is -0.377 e. The van der Waals surface area contributed by atoms with Gasteiger partial charge in [0.2, 0.25) is 0 Å². The summed E-state index contributed by atoms with van der Waals surface area (Å²) in [6.07, 6.45) is 0. The number of hydrogen-bond donors (Lipinski definition) is 1. The molecule has 0 spiro atoms. The third-order valence-corrected chi connectivity index (χ3v) is 5.72. The van der Waals surface area contributed by atoms with E-state index in [-0.39, 0.29) is 16.8 Å². The van der Waals surface area contributed by atoms with E-state index < -0.39 is 10.0 Å². The number of rotatable bonds is 4. The van der Waals surface area contributed by atoms with Gasteiger partial charge in [-0.3, -0.25) is 9.52 Å². The number of aryl methyl sites for hydroxylation is 1. The van der Waals surface area contributed by atoms with Gasteiger partial charge in [-0.2, -0.15) is 0 Å². The summed E-state index contributed by atoms with van der Waals surface area (Å²) < 4.78 is 32.9. The van der Waals surface area contributed by atoms with Gasteiger partial charge < -0.3 is 9.64 Å². The number of carbonyl (C=O) groups excluding carboxylic acids is 1. The van der Waals surface area contributed by atoms with E-state index in [9.17, 15) is 13.2 Å². The molecule has 6 nitrogen and oxygen atoms in total. The fourth-order valence-electron chi connectivity index (χ4n) is 2.84. The lowest BCUT2D eigenvalue weighted by molar-refractivity contribution is 0.00360. The van der Waals surface area contributed by atoms with Crippen LogP contribution in [-0.4, -0.2) is 45.0 Å². The van der Waals surface area contributed by atoms with Crippen molar-refractivity contribution < 1.29 is 17.9 Å². The Morgan fingerprint density at radius 1 is 1.19 bits per heavy atom. The second-order valence-electron chi connectivity index (χ2n) is 6.42. The highest BCUT2D eigenvalue weighted by molar-refractivity contribution is 7.92. The SMILES string of the molecule is Cc1ccc(S(=O)(=O)Nc2cccc(C(=O)N3CCOCC3C)c2)cc1. The number of ether oxygens (including phenoxy) is 1. The van der Waals surface area contributed by atoms with Crippen LogP contribution in [0, 0.1) is 6.92 Å². The van der Waals surface area contributed by atoms with Crippen LogP contribution >= 0.6 is 0 Å². The van der Waals surface area contributed by atoms with Crippen molar-refractivity contribution in [1.29, 1.82) is 0 Å². The molecule has 1 N–H and O–H groups in total. The number of morpholine rings is 1. The predicted octanol–water partition coefficient (Wildman–Crippen LogP) is 2.66. The van der Waals surface area contributed by atoms with E-state index >= 15 is 0 Å². The van der Waals surface area contributed by atoms with Crippen molar-refractivity contribution in [2.24, 2.45) is 0 Å². The minimum absolute atomic E-state index is 0.0100. The molecule has 1 aliphatic heterocycles. The second kappa shape index (κ2) is 7.47. The first-order chi connectivity index (χ1) is 12.4. The maximum atomic E-state index is 12.7. The Bertz CT molecular complexity index is 894. The van der Waals surface area contributed by atoms with Crippen LogP contribution in [0.2, 0.25) is 0 Å². The smallest absolute Gasteiger partial charge is 0.261 e. The molecule has 0 aliphatic carbocycles. The van der Waals surface area contributed by atoms with Crippen LogP contribution in [0.4, 0.5) is 5.69 Å². The molecule has 138 valence electrons. The van der Waals surface area contributed by atoms with Crippen molar-refractivity contribution >= 4 is 21.6 Å². The molecule has 7 heteroatoms. The van der Waals surface area contributed by atoms with Crippen molar-refractivity contribution in [3.05, 3.63) is 59.7 Å². The van der Waals surface area contributed by atoms with Gasteiger partial charge in [-0.25, -0.2) is 8.42 Å². The minimum atomic E-state index is -3.70. The number of hydrogen-bond acceptors (Lipinski definition) is 4. The lowest BCUT2D eigenvalue weighted by Crippen LogP contribution is -2.47. The summed E-state index contributed by atoms with van der Waals surface area (Å²) in [5.41, 5.74) is 1.79. The number of nitrogens with zero attached hydrogens (tertiary/aromatic N) is 1. The molecule has 0 aromatic heterocycles. The quantitative estimate of drug-likeness (QED) is 0.893. The Hall–Kier alpha value is -2.38. The highest BCUT2D eigenvalue weighted by Gasteiger charge is 2.25. The Balaban J connectivity index is 1.81. The van der Waals surface area contributed by atoms with Crippen LogP contribution in [-0.2, 0) is 14.8 Å². The summed E-state index contributed by atoms with van der Waals surface area (Å²) in [6.45, 7) is 5.37. The van der Waals surface area contributed by atoms with Gasteiger partial charge in [0.25, 0.3) is 15.9 Å². The standard InChI is InChI=1S/C19H22N2O4S/c1-14-6-8-18(9-7-14)26(23,24)20-17-5-3-4-16(12-17)19(22)21-10-11-25-13-15(21)2/h3-9,12,15,20H,10-11,13H2,1-2H3. The van der Waals surface area contributed by atoms with Gasteiger partial charge in [0.1, 0.15) is 0 Å². The summed E-state index contributed by atoms with van der Waals surface area (Å²) >= 11 is 0. The van der Waals surface area contributed by atoms with Crippen molar-refractivity contribution in [3.8, 4) is 0 Å². The number of amides is 1. The van der Waals surface area contributed by atoms with Crippen molar-refractivity contribution in [3.63, 3.8) is 0 Å². The Labute approximate surface area is 153 Å². The van der Waals surface area contributed by atoms with Crippen LogP contribution in [0.1, 0.15) is 22.8 Å². The zero-order valence-corrected chi connectivity index (χ0v) is 15.6. The van der Waals surface area contributed by atoms with Crippen molar-refractivity contribution in [2.45, 2.75) is 24.8 Å². The Kier molecular flexibility index (Phi) is 5.29. The molecule has 1 unspecified atom stereocenters. The van der Waals surface area contributed by atoms with E-state index in [2.05, 4.69) is 4.72 Å². The number of nitrogens with one attached hydrogen (secondary N) is 1. The maximum absolute atomic E-state index is 12.7. The Morgan fingerprint density at radius 3 is 2.62 bits per heavy atom. The fourth-order valence-corrected chi connectivity index (χ4v) is 3.89. The topological polar surface area (TPSA) is 75.7 Å². The number of anilines is 1. The van der Waals surface area contributed by atoms with Gasteiger partial charge in [-0.1, -0.05) is 23.8 Å². The maximum Gasteiger partial charge on any atom is 0.261 e. The molecule has 2 aromatic rings. The third-order valence-electron chi connectivity index (χ3n) is 4.32. The van der Waals surface area contributed by atoms with Crippen LogP contribution < -0.4 is 4.72 Å². The molecule has 1 amide bonds. The van der Waals surface area contributed by atoms with Crippen LogP contribution in [0.15, 0.2) is 53.4 Å². The van der Waals surface area contributed by atoms with Crippen LogP contribution in [0.5, 0.6) is 0 Å². The van der Waals surface area contributed by atoms with Gasteiger partial charge in [0, 0.05) is 17.8 Å². The Morgan fingerprint density at radius 2 is 1.92 bits per heavy atom. The predicted molar refractivity (Wildman–Crippen MR) is 99.7 cm³/mol. The first-order valence-electron chi connectivity index (χ1n) is 8.45. The number of carbonyl (C=O) groups is 1. The highest BCUT2D eigenvalue weighted by Crippen LogP contribution is 2.20. The first-order valence-corrected chi connectivity index (χ1v) is 9.93. The van der Waals surface area contributed by atoms with Crippen LogP contribution in [0.25, 0.3) is 0 Å². The summed E-state index contributed by atoms with van der Waals surface area (Å²) in [4.78, 5) is 14.7. The molecule has 1 aliphatic rings. The lowest BCUT2D eigenvalue weighted by atomic mass is 10.1. The average Bonchev–Trinajstić information content (AvgIpc) is 2.62. The normalized spacial score (nSPS) is 17.8. The molecule has 1 atom stereocenters. The molecule has 1 fully saturated rings. The van der Waals surface area contributed by atoms with E-state index in [1.165, 1.54) is 0 Å². The van der Waals surface area contributed by atoms with Crippen molar-refractivity contribution in [1.82, 2.24) is 4.90 Å². The van der Waals surface area contributed by atoms with E-state index in [0.717, 1.165) is 5.56 Å². The summed E-state index contributed by atoms with van der Waals surface area (Å²) in [5, 5.41) is 0. The number of benzene rings is 2. The van der Waals surface area contributed by atoms with Gasteiger partial charge in [0.15, 0.2) is 0 Å². The molecule has 2 aromatic carbocycles. The molecule has 26 heavy (non-hydrogen) atoms. The molecule has 1 heterocycles. The van der Waals surface area contributed by atoms with E-state index in [4.69, 9.17) is 4.74 Å². The monoisotopic (exact) mass is 374 g/mol. The van der Waals surface area contributed by atoms with Gasteiger partial charge in [0.05, 0.1) is 24.2 Å². The van der Waals surface area contributed by atoms with E-state index in [0.29, 0.717) is 31.0 Å². The van der Waals surface area contributed by atoms with Gasteiger partial charge in [-0.05, 0) is 44.2 Å². The molecule has 3 rings (SSSR count). The van der Waals surface area contributed by atoms with Crippen molar-refractivity contribution in [2.75, 3.05) is 24.5 Å². The summed E-state index contributed by atoms with van der Waals surface area (Å²) in [7, 11) is -3.70. The molecule has 0 saturated carbocycles. The molecular formula is C19H22N2O4S. The average molecular weight is 374 g/mol. The third kappa shape index (κ3) is 4.05. The zero-order chi connectivity index (χ0) is 18.7. The fraction of sp³-hybridized carbons (Fsp3) is 0.316. The number of sulfonamides is 1. The molecule has 0 radical (unpaired) electrons. The zero-order valence-electron chi connectivity index (χ0n) is 14.8. The summed E-state index contributed by atoms with van der Waals surface area (Å²) in [5.74, 6) is -0.128. The van der Waals surface area contributed by atoms with Gasteiger partial charge >= 0.3 is 0 Å². The summed E-state index contributed by atoms with van der Waals surface area (Å²) in [6, 6.07) is 13.2. The lowest BCUT2D eigenvalue weighted by Gasteiger charge is -2.33. The largest absolute Gasteiger partial charge is 0.377 e. The molecular weight excluding hydrogens is 352 g/mol. The molecule has 1 saturated heterocycles. The second-order valence-corrected chi connectivity index (χ2v) is 8.10. The van der Waals surface area contributed by atoms with Gasteiger partial charge in [-0.15, -0.1) is 0 Å². The van der Waals surface area contributed by atoms with Crippen LogP contribution in [0.3, 0.4) is 0 Å². The highest BCUT2D eigenvalue weighted by atomic mass is 32.2. The van der Waals surface area contributed by atoms with E-state index in [1.54, 1.807) is 53.4 Å².